The van der Waals surface area contributed by atoms with Gasteiger partial charge < -0.3 is 10.1 Å². The Morgan fingerprint density at radius 3 is 2.71 bits per heavy atom. The summed E-state index contributed by atoms with van der Waals surface area (Å²) in [5.41, 5.74) is 0.515. The number of nitrogens with one attached hydrogen (secondary N) is 1. The maximum absolute atomic E-state index is 11.5. The molecule has 0 unspecified atom stereocenters. The summed E-state index contributed by atoms with van der Waals surface area (Å²) in [6.07, 6.45) is 3.36. The molecule has 0 amide bonds. The van der Waals surface area contributed by atoms with E-state index in [0.29, 0.717) is 24.1 Å². The van der Waals surface area contributed by atoms with Crippen LogP contribution in [0.15, 0.2) is 15.7 Å². The van der Waals surface area contributed by atoms with Crippen LogP contribution in [-0.4, -0.2) is 10.1 Å². The van der Waals surface area contributed by atoms with Gasteiger partial charge in [0.1, 0.15) is 0 Å². The Morgan fingerprint density at radius 2 is 1.93 bits per heavy atom. The van der Waals surface area contributed by atoms with Crippen LogP contribution >= 0.6 is 0 Å². The summed E-state index contributed by atoms with van der Waals surface area (Å²) in [6.45, 7) is 0. The van der Waals surface area contributed by atoms with Crippen LogP contribution in [0.5, 0.6) is 5.75 Å². The van der Waals surface area contributed by atoms with Gasteiger partial charge in [0.2, 0.25) is 0 Å². The molecular weight excluding hydrogens is 182 g/mol. The first-order valence-electron chi connectivity index (χ1n) is 4.67. The lowest BCUT2D eigenvalue weighted by atomic mass is 9.97. The Bertz CT molecular complexity index is 476. The average Bonchev–Trinajstić information content (AvgIpc) is 2.27. The van der Waals surface area contributed by atoms with Crippen LogP contribution in [0, 0.1) is 0 Å². The van der Waals surface area contributed by atoms with Crippen molar-refractivity contribution in [3.8, 4) is 5.75 Å². The number of aromatic hydroxyl groups is 1. The average molecular weight is 193 g/mol. The summed E-state index contributed by atoms with van der Waals surface area (Å²) in [5, 5.41) is 9.18. The van der Waals surface area contributed by atoms with E-state index in [1.165, 1.54) is 0 Å². The van der Waals surface area contributed by atoms with Crippen molar-refractivity contribution in [2.24, 2.45) is 0 Å². The molecule has 1 aromatic heterocycles. The van der Waals surface area contributed by atoms with Gasteiger partial charge in [0.05, 0.1) is 0 Å². The fourth-order valence-electron chi connectivity index (χ4n) is 1.79. The summed E-state index contributed by atoms with van der Waals surface area (Å²) in [4.78, 5) is 25.3. The molecule has 1 aliphatic carbocycles. The van der Waals surface area contributed by atoms with Crippen molar-refractivity contribution >= 4 is 0 Å². The lowest BCUT2D eigenvalue weighted by Gasteiger charge is -2.10. The third kappa shape index (κ3) is 1.43. The second-order valence-electron chi connectivity index (χ2n) is 3.51. The highest BCUT2D eigenvalue weighted by Gasteiger charge is 2.13. The molecule has 0 fully saturated rings. The Labute approximate surface area is 80.2 Å². The molecule has 1 aliphatic rings. The first-order chi connectivity index (χ1) is 6.68. The summed E-state index contributed by atoms with van der Waals surface area (Å²) in [5.74, 6) is -0.496. The van der Waals surface area contributed by atoms with Gasteiger partial charge in [-0.15, -0.1) is 0 Å². The van der Waals surface area contributed by atoms with Gasteiger partial charge >= 0.3 is 0 Å². The molecule has 1 heterocycles. The van der Waals surface area contributed by atoms with E-state index in [2.05, 4.69) is 4.98 Å². The van der Waals surface area contributed by atoms with E-state index in [-0.39, 0.29) is 5.43 Å². The normalized spacial score (nSPS) is 14.9. The topological polar surface area (TPSA) is 70.2 Å². The Balaban J connectivity index is 2.80. The summed E-state index contributed by atoms with van der Waals surface area (Å²) in [7, 11) is 0. The second kappa shape index (κ2) is 3.29. The minimum Gasteiger partial charge on any atom is -0.503 e. The number of hydrogen-bond acceptors (Lipinski definition) is 3. The first-order valence-corrected chi connectivity index (χ1v) is 4.67. The molecule has 0 saturated heterocycles. The van der Waals surface area contributed by atoms with E-state index in [4.69, 9.17) is 0 Å². The van der Waals surface area contributed by atoms with Crippen molar-refractivity contribution in [2.75, 3.05) is 0 Å². The van der Waals surface area contributed by atoms with Crippen molar-refractivity contribution in [1.82, 2.24) is 4.98 Å². The van der Waals surface area contributed by atoms with E-state index in [0.717, 1.165) is 18.9 Å². The largest absolute Gasteiger partial charge is 0.503 e. The van der Waals surface area contributed by atoms with Crippen molar-refractivity contribution < 1.29 is 5.11 Å². The molecule has 2 rings (SSSR count). The van der Waals surface area contributed by atoms with Crippen LogP contribution in [0.2, 0.25) is 0 Å². The number of H-pyrrole nitrogens is 1. The molecule has 0 bridgehead atoms. The fraction of sp³-hybridized carbons (Fsp3) is 0.400. The SMILES string of the molecule is O=c1cc(O)c(=O)[nH]c2c1CCCC2. The van der Waals surface area contributed by atoms with E-state index >= 15 is 0 Å². The minimum atomic E-state index is -0.578. The van der Waals surface area contributed by atoms with Crippen LogP contribution in [0.25, 0.3) is 0 Å². The Morgan fingerprint density at radius 1 is 1.21 bits per heavy atom. The van der Waals surface area contributed by atoms with Crippen molar-refractivity contribution in [3.63, 3.8) is 0 Å². The molecule has 0 radical (unpaired) electrons. The van der Waals surface area contributed by atoms with E-state index in [9.17, 15) is 14.7 Å². The van der Waals surface area contributed by atoms with Crippen molar-refractivity contribution in [1.29, 1.82) is 0 Å². The van der Waals surface area contributed by atoms with E-state index in [1.54, 1.807) is 0 Å². The highest BCUT2D eigenvalue weighted by atomic mass is 16.3. The Hall–Kier alpha value is -1.58. The zero-order valence-corrected chi connectivity index (χ0v) is 7.67. The van der Waals surface area contributed by atoms with Gasteiger partial charge in [-0.3, -0.25) is 9.59 Å². The second-order valence-corrected chi connectivity index (χ2v) is 3.51. The smallest absolute Gasteiger partial charge is 0.290 e. The fourth-order valence-corrected chi connectivity index (χ4v) is 1.79. The predicted octanol–water partition coefficient (Wildman–Crippen LogP) is 0.319. The monoisotopic (exact) mass is 193 g/mol. The number of fused-ring (bicyclic) bond motifs is 1. The number of hydrogen-bond donors (Lipinski definition) is 2. The number of aryl methyl sites for hydroxylation is 1. The van der Waals surface area contributed by atoms with Crippen LogP contribution < -0.4 is 11.0 Å². The van der Waals surface area contributed by atoms with Crippen LogP contribution in [0.4, 0.5) is 0 Å². The Kier molecular flexibility index (Phi) is 2.11. The van der Waals surface area contributed by atoms with Gasteiger partial charge in [0.25, 0.3) is 5.56 Å². The molecule has 0 atom stereocenters. The molecule has 1 aromatic rings. The summed E-state index contributed by atoms with van der Waals surface area (Å²) in [6, 6.07) is 1.00. The zero-order chi connectivity index (χ0) is 10.1. The number of aromatic amines is 1. The highest BCUT2D eigenvalue weighted by molar-refractivity contribution is 5.26. The van der Waals surface area contributed by atoms with Gasteiger partial charge in [0.15, 0.2) is 11.2 Å². The standard InChI is InChI=1S/C10H11NO3/c12-8-5-9(13)10(14)11-7-4-2-1-3-6(7)8/h5,13H,1-4H2,(H,11,14). The number of rotatable bonds is 0. The lowest BCUT2D eigenvalue weighted by molar-refractivity contribution is 0.467. The number of aromatic nitrogens is 1. The van der Waals surface area contributed by atoms with Gasteiger partial charge in [0, 0.05) is 17.3 Å². The molecule has 0 aromatic carbocycles. The molecular formula is C10H11NO3. The van der Waals surface area contributed by atoms with Crippen LogP contribution in [-0.2, 0) is 12.8 Å². The summed E-state index contributed by atoms with van der Waals surface area (Å²) >= 11 is 0. The maximum atomic E-state index is 11.5. The molecule has 74 valence electrons. The van der Waals surface area contributed by atoms with Crippen LogP contribution in [0.3, 0.4) is 0 Å². The van der Waals surface area contributed by atoms with E-state index in [1.807, 2.05) is 0 Å². The zero-order valence-electron chi connectivity index (χ0n) is 7.67. The quantitative estimate of drug-likeness (QED) is 0.623. The summed E-state index contributed by atoms with van der Waals surface area (Å²) < 4.78 is 0. The molecule has 4 heteroatoms. The lowest BCUT2D eigenvalue weighted by Crippen LogP contribution is -2.14. The molecule has 14 heavy (non-hydrogen) atoms. The predicted molar refractivity (Wildman–Crippen MR) is 51.6 cm³/mol. The van der Waals surface area contributed by atoms with Crippen molar-refractivity contribution in [2.45, 2.75) is 25.7 Å². The third-order valence-electron chi connectivity index (χ3n) is 2.53. The minimum absolute atomic E-state index is 0.240. The van der Waals surface area contributed by atoms with Gasteiger partial charge in [-0.1, -0.05) is 0 Å². The first kappa shape index (κ1) is 8.99. The van der Waals surface area contributed by atoms with Gasteiger partial charge in [-0.2, -0.15) is 0 Å². The third-order valence-corrected chi connectivity index (χ3v) is 2.53. The molecule has 4 nitrogen and oxygen atoms in total. The van der Waals surface area contributed by atoms with Crippen LogP contribution in [0.1, 0.15) is 24.1 Å². The van der Waals surface area contributed by atoms with Gasteiger partial charge in [-0.25, -0.2) is 0 Å². The molecule has 0 aliphatic heterocycles. The van der Waals surface area contributed by atoms with E-state index < -0.39 is 11.3 Å². The maximum Gasteiger partial charge on any atom is 0.290 e. The van der Waals surface area contributed by atoms with Crippen molar-refractivity contribution in [3.05, 3.63) is 37.9 Å². The molecule has 0 saturated carbocycles. The molecule has 2 N–H and O–H groups in total. The highest BCUT2D eigenvalue weighted by Crippen LogP contribution is 2.14. The molecule has 0 spiro atoms. The van der Waals surface area contributed by atoms with Gasteiger partial charge in [-0.05, 0) is 25.7 Å².